The third kappa shape index (κ3) is 9.63. The molecule has 0 aliphatic carbocycles. The van der Waals surface area contributed by atoms with Crippen LogP contribution in [0.4, 0.5) is 0 Å². The fraction of sp³-hybridized carbons (Fsp3) is 0.812. The Kier molecular flexibility index (Phi) is 14.0. The molecule has 0 aromatic heterocycles. The molecule has 6 heteroatoms. The summed E-state index contributed by atoms with van der Waals surface area (Å²) in [5.74, 6) is 0.947. The molecule has 1 fully saturated rings. The maximum atomic E-state index is 5.63. The molecule has 1 atom stereocenters. The number of unbranched alkanes of at least 4 members (excludes halogenated alkanes) is 1. The van der Waals surface area contributed by atoms with Crippen LogP contribution >= 0.6 is 24.0 Å². The number of hydrogen-bond donors (Lipinski definition) is 1. The lowest BCUT2D eigenvalue weighted by atomic mass is 10.2. The number of nitrogens with zero attached hydrogens (tertiary/aromatic N) is 2. The summed E-state index contributed by atoms with van der Waals surface area (Å²) in [5.41, 5.74) is 0. The highest BCUT2D eigenvalue weighted by Crippen LogP contribution is 2.11. The summed E-state index contributed by atoms with van der Waals surface area (Å²) in [7, 11) is 2.07. The number of rotatable bonds is 10. The summed E-state index contributed by atoms with van der Waals surface area (Å²) >= 11 is 0. The van der Waals surface area contributed by atoms with Crippen molar-refractivity contribution in [1.82, 2.24) is 10.2 Å². The second kappa shape index (κ2) is 14.3. The minimum absolute atomic E-state index is 0. The van der Waals surface area contributed by atoms with E-state index in [-0.39, 0.29) is 24.0 Å². The average molecular weight is 425 g/mol. The topological polar surface area (TPSA) is 46.1 Å². The Balaban J connectivity index is 0.00000441. The molecule has 0 aromatic rings. The summed E-state index contributed by atoms with van der Waals surface area (Å²) in [5, 5.41) is 3.31. The van der Waals surface area contributed by atoms with Crippen LogP contribution in [0.15, 0.2) is 17.6 Å². The highest BCUT2D eigenvalue weighted by molar-refractivity contribution is 14.0. The van der Waals surface area contributed by atoms with Gasteiger partial charge in [0.2, 0.25) is 0 Å². The van der Waals surface area contributed by atoms with Gasteiger partial charge in [0.05, 0.1) is 25.9 Å². The van der Waals surface area contributed by atoms with Crippen LogP contribution in [0.1, 0.15) is 32.6 Å². The minimum Gasteiger partial charge on any atom is -0.377 e. The van der Waals surface area contributed by atoms with Crippen molar-refractivity contribution in [3.8, 4) is 0 Å². The van der Waals surface area contributed by atoms with E-state index < -0.39 is 0 Å². The predicted molar refractivity (Wildman–Crippen MR) is 103 cm³/mol. The van der Waals surface area contributed by atoms with Gasteiger partial charge in [0, 0.05) is 26.7 Å². The molecule has 0 radical (unpaired) electrons. The number of ether oxygens (including phenoxy) is 2. The van der Waals surface area contributed by atoms with Crippen molar-refractivity contribution >= 4 is 29.9 Å². The molecule has 130 valence electrons. The first-order valence-corrected chi connectivity index (χ1v) is 8.07. The van der Waals surface area contributed by atoms with Crippen LogP contribution in [0.25, 0.3) is 0 Å². The quantitative estimate of drug-likeness (QED) is 0.192. The Morgan fingerprint density at radius 2 is 2.36 bits per heavy atom. The smallest absolute Gasteiger partial charge is 0.193 e. The van der Waals surface area contributed by atoms with E-state index in [0.717, 1.165) is 51.3 Å². The Labute approximate surface area is 152 Å². The number of hydrogen-bond acceptors (Lipinski definition) is 3. The summed E-state index contributed by atoms with van der Waals surface area (Å²) in [4.78, 5) is 6.76. The highest BCUT2D eigenvalue weighted by atomic mass is 127. The molecule has 22 heavy (non-hydrogen) atoms. The fourth-order valence-electron chi connectivity index (χ4n) is 2.26. The molecule has 0 saturated carbocycles. The van der Waals surface area contributed by atoms with Gasteiger partial charge in [0.15, 0.2) is 5.96 Å². The van der Waals surface area contributed by atoms with Crippen molar-refractivity contribution in [2.24, 2.45) is 4.99 Å². The molecule has 1 saturated heterocycles. The van der Waals surface area contributed by atoms with E-state index in [1.54, 1.807) is 0 Å². The van der Waals surface area contributed by atoms with Crippen molar-refractivity contribution < 1.29 is 9.47 Å². The second-order valence-corrected chi connectivity index (χ2v) is 5.30. The van der Waals surface area contributed by atoms with Crippen LogP contribution in [-0.2, 0) is 9.47 Å². The van der Waals surface area contributed by atoms with Gasteiger partial charge in [-0.1, -0.05) is 6.08 Å². The summed E-state index contributed by atoms with van der Waals surface area (Å²) in [6.07, 6.45) is 6.67. The second-order valence-electron chi connectivity index (χ2n) is 5.30. The zero-order chi connectivity index (χ0) is 15.3. The van der Waals surface area contributed by atoms with E-state index in [1.165, 1.54) is 0 Å². The van der Waals surface area contributed by atoms with Gasteiger partial charge in [-0.05, 0) is 32.6 Å². The molecule has 1 aliphatic heterocycles. The first-order chi connectivity index (χ1) is 10.3. The largest absolute Gasteiger partial charge is 0.377 e. The van der Waals surface area contributed by atoms with Gasteiger partial charge in [-0.3, -0.25) is 4.99 Å². The van der Waals surface area contributed by atoms with E-state index in [2.05, 4.69) is 35.8 Å². The van der Waals surface area contributed by atoms with E-state index in [9.17, 15) is 0 Å². The zero-order valence-electron chi connectivity index (χ0n) is 14.1. The zero-order valence-corrected chi connectivity index (χ0v) is 16.4. The summed E-state index contributed by atoms with van der Waals surface area (Å²) in [6.45, 7) is 10.6. The van der Waals surface area contributed by atoms with Gasteiger partial charge >= 0.3 is 0 Å². The standard InChI is InChI=1S/C16H31N3O2.HI/c1-4-6-7-11-19(3)16(17-5-2)18-10-13-20-14-15-9-8-12-21-15;/h4,15H,1,5-14H2,2-3H3,(H,17,18);1H. The molecule has 0 amide bonds. The third-order valence-electron chi connectivity index (χ3n) is 3.42. The Morgan fingerprint density at radius 1 is 1.55 bits per heavy atom. The van der Waals surface area contributed by atoms with Crippen LogP contribution in [0.3, 0.4) is 0 Å². The Hall–Kier alpha value is -0.340. The molecule has 0 aromatic carbocycles. The number of allylic oxidation sites excluding steroid dienone is 1. The Morgan fingerprint density at radius 3 is 3.00 bits per heavy atom. The van der Waals surface area contributed by atoms with Crippen molar-refractivity contribution in [2.45, 2.75) is 38.7 Å². The van der Waals surface area contributed by atoms with Crippen LogP contribution in [0.2, 0.25) is 0 Å². The van der Waals surface area contributed by atoms with Crippen LogP contribution in [-0.4, -0.2) is 63.5 Å². The SMILES string of the molecule is C=CCCCN(C)C(=NCCOCC1CCCO1)NCC.I. The van der Waals surface area contributed by atoms with Gasteiger partial charge in [0.25, 0.3) is 0 Å². The number of nitrogens with one attached hydrogen (secondary N) is 1. The van der Waals surface area contributed by atoms with E-state index in [0.29, 0.717) is 25.9 Å². The van der Waals surface area contributed by atoms with E-state index >= 15 is 0 Å². The Bertz CT molecular complexity index is 308. The lowest BCUT2D eigenvalue weighted by Gasteiger charge is -2.21. The fourth-order valence-corrected chi connectivity index (χ4v) is 2.26. The lowest BCUT2D eigenvalue weighted by molar-refractivity contribution is 0.0199. The predicted octanol–water partition coefficient (Wildman–Crippen LogP) is 2.66. The number of halogens is 1. The molecule has 0 bridgehead atoms. The summed E-state index contributed by atoms with van der Waals surface area (Å²) < 4.78 is 11.2. The molecular weight excluding hydrogens is 393 g/mol. The van der Waals surface area contributed by atoms with E-state index in [4.69, 9.17) is 9.47 Å². The molecule has 0 spiro atoms. The minimum atomic E-state index is 0. The van der Waals surface area contributed by atoms with Crippen molar-refractivity contribution in [1.29, 1.82) is 0 Å². The van der Waals surface area contributed by atoms with Gasteiger partial charge in [-0.15, -0.1) is 30.6 Å². The van der Waals surface area contributed by atoms with E-state index in [1.807, 2.05) is 6.08 Å². The van der Waals surface area contributed by atoms with Gasteiger partial charge < -0.3 is 19.7 Å². The van der Waals surface area contributed by atoms with Crippen LogP contribution in [0, 0.1) is 0 Å². The number of aliphatic imine (C=N–C) groups is 1. The van der Waals surface area contributed by atoms with Gasteiger partial charge in [-0.2, -0.15) is 0 Å². The first kappa shape index (κ1) is 21.7. The van der Waals surface area contributed by atoms with Crippen LogP contribution < -0.4 is 5.32 Å². The molecule has 1 unspecified atom stereocenters. The third-order valence-corrected chi connectivity index (χ3v) is 3.42. The molecular formula is C16H32IN3O2. The first-order valence-electron chi connectivity index (χ1n) is 8.07. The molecule has 5 nitrogen and oxygen atoms in total. The normalized spacial score (nSPS) is 17.9. The van der Waals surface area contributed by atoms with Gasteiger partial charge in [-0.25, -0.2) is 0 Å². The molecule has 1 N–H and O–H groups in total. The summed E-state index contributed by atoms with van der Waals surface area (Å²) in [6, 6.07) is 0. The average Bonchev–Trinajstić information content (AvgIpc) is 2.99. The lowest BCUT2D eigenvalue weighted by Crippen LogP contribution is -2.39. The maximum absolute atomic E-state index is 5.63. The molecule has 1 rings (SSSR count). The van der Waals surface area contributed by atoms with Crippen molar-refractivity contribution in [2.75, 3.05) is 46.5 Å². The maximum Gasteiger partial charge on any atom is 0.193 e. The monoisotopic (exact) mass is 425 g/mol. The van der Waals surface area contributed by atoms with Crippen molar-refractivity contribution in [3.63, 3.8) is 0 Å². The highest BCUT2D eigenvalue weighted by Gasteiger charge is 2.14. The molecule has 1 heterocycles. The van der Waals surface area contributed by atoms with Crippen LogP contribution in [0.5, 0.6) is 0 Å². The van der Waals surface area contributed by atoms with Crippen molar-refractivity contribution in [3.05, 3.63) is 12.7 Å². The number of guanidine groups is 1. The molecule has 1 aliphatic rings. The van der Waals surface area contributed by atoms with Gasteiger partial charge in [0.1, 0.15) is 0 Å².